The average molecular weight is 190 g/mol. The molecule has 0 aliphatic heterocycles. The van der Waals surface area contributed by atoms with E-state index >= 15 is 0 Å². The number of nitrogens with zero attached hydrogens (tertiary/aromatic N) is 2. The summed E-state index contributed by atoms with van der Waals surface area (Å²) in [7, 11) is 1.83. The topological polar surface area (TPSA) is 34.9 Å². The summed E-state index contributed by atoms with van der Waals surface area (Å²) in [6.45, 7) is 5.70. The third-order valence-corrected chi connectivity index (χ3v) is 1.78. The number of aromatic nitrogens is 2. The van der Waals surface area contributed by atoms with E-state index in [9.17, 15) is 4.79 Å². The van der Waals surface area contributed by atoms with Crippen LogP contribution in [-0.2, 0) is 7.05 Å². The third-order valence-electron chi connectivity index (χ3n) is 1.78. The lowest BCUT2D eigenvalue weighted by atomic mass is 10.1. The standard InChI is InChI=1S/C11H14N2O/c1-4-5-6-9(2)11(14)10-7-13(3)8-12-10/h5-8H,2,4H2,1,3H3/b6-5-. The van der Waals surface area contributed by atoms with Crippen LogP contribution in [-0.4, -0.2) is 15.3 Å². The van der Waals surface area contributed by atoms with Crippen molar-refractivity contribution in [3.63, 3.8) is 0 Å². The van der Waals surface area contributed by atoms with Gasteiger partial charge in [0.25, 0.3) is 0 Å². The minimum Gasteiger partial charge on any atom is -0.340 e. The molecule has 0 aliphatic rings. The van der Waals surface area contributed by atoms with Crippen molar-refractivity contribution in [2.45, 2.75) is 13.3 Å². The van der Waals surface area contributed by atoms with Gasteiger partial charge in [-0.3, -0.25) is 4.79 Å². The molecule has 0 saturated heterocycles. The van der Waals surface area contributed by atoms with Crippen molar-refractivity contribution in [1.82, 2.24) is 9.55 Å². The van der Waals surface area contributed by atoms with Gasteiger partial charge < -0.3 is 4.57 Å². The lowest BCUT2D eigenvalue weighted by Crippen LogP contribution is -2.00. The lowest BCUT2D eigenvalue weighted by Gasteiger charge is -1.94. The van der Waals surface area contributed by atoms with E-state index in [1.54, 1.807) is 23.2 Å². The van der Waals surface area contributed by atoms with Gasteiger partial charge in [-0.1, -0.05) is 25.7 Å². The maximum Gasteiger partial charge on any atom is 0.212 e. The zero-order valence-electron chi connectivity index (χ0n) is 8.53. The molecule has 0 aliphatic carbocycles. The number of aryl methyl sites for hydroxylation is 1. The Kier molecular flexibility index (Phi) is 3.40. The van der Waals surface area contributed by atoms with Gasteiger partial charge in [-0.05, 0) is 6.42 Å². The Morgan fingerprint density at radius 1 is 1.71 bits per heavy atom. The second-order valence-electron chi connectivity index (χ2n) is 3.09. The summed E-state index contributed by atoms with van der Waals surface area (Å²) in [6, 6.07) is 0. The number of hydrogen-bond acceptors (Lipinski definition) is 2. The molecule has 1 aromatic rings. The van der Waals surface area contributed by atoms with Crippen LogP contribution in [0.4, 0.5) is 0 Å². The summed E-state index contributed by atoms with van der Waals surface area (Å²) in [4.78, 5) is 15.6. The van der Waals surface area contributed by atoms with Gasteiger partial charge >= 0.3 is 0 Å². The number of imidazole rings is 1. The number of carbonyl (C=O) groups excluding carboxylic acids is 1. The first-order chi connectivity index (χ1) is 6.65. The Labute approximate surface area is 83.8 Å². The predicted molar refractivity (Wildman–Crippen MR) is 56.1 cm³/mol. The van der Waals surface area contributed by atoms with E-state index in [0.29, 0.717) is 11.3 Å². The molecule has 1 heterocycles. The summed E-state index contributed by atoms with van der Waals surface area (Å²) >= 11 is 0. The molecule has 0 amide bonds. The van der Waals surface area contributed by atoms with Crippen LogP contribution in [0, 0.1) is 0 Å². The zero-order valence-corrected chi connectivity index (χ0v) is 8.53. The number of ketones is 1. The highest BCUT2D eigenvalue weighted by Gasteiger charge is 2.09. The minimum absolute atomic E-state index is 0.115. The van der Waals surface area contributed by atoms with Crippen LogP contribution < -0.4 is 0 Å². The first-order valence-electron chi connectivity index (χ1n) is 4.53. The van der Waals surface area contributed by atoms with Crippen LogP contribution in [0.1, 0.15) is 23.8 Å². The number of allylic oxidation sites excluding steroid dienone is 3. The van der Waals surface area contributed by atoms with Crippen molar-refractivity contribution in [2.75, 3.05) is 0 Å². The van der Waals surface area contributed by atoms with Crippen molar-refractivity contribution in [1.29, 1.82) is 0 Å². The van der Waals surface area contributed by atoms with Crippen molar-refractivity contribution in [3.05, 3.63) is 42.5 Å². The molecule has 0 spiro atoms. The fourth-order valence-corrected chi connectivity index (χ4v) is 1.03. The highest BCUT2D eigenvalue weighted by Crippen LogP contribution is 2.05. The molecule has 74 valence electrons. The Morgan fingerprint density at radius 2 is 2.43 bits per heavy atom. The molecule has 0 aromatic carbocycles. The van der Waals surface area contributed by atoms with Gasteiger partial charge in [-0.15, -0.1) is 0 Å². The lowest BCUT2D eigenvalue weighted by molar-refractivity contribution is 0.103. The quantitative estimate of drug-likeness (QED) is 0.414. The number of carbonyl (C=O) groups is 1. The van der Waals surface area contributed by atoms with Crippen molar-refractivity contribution >= 4 is 5.78 Å². The number of hydrogen-bond donors (Lipinski definition) is 0. The van der Waals surface area contributed by atoms with Gasteiger partial charge in [0.2, 0.25) is 5.78 Å². The molecule has 0 atom stereocenters. The van der Waals surface area contributed by atoms with Crippen LogP contribution >= 0.6 is 0 Å². The van der Waals surface area contributed by atoms with Crippen LogP contribution in [0.25, 0.3) is 0 Å². The van der Waals surface area contributed by atoms with Crippen LogP contribution in [0.5, 0.6) is 0 Å². The molecule has 1 aromatic heterocycles. The van der Waals surface area contributed by atoms with Gasteiger partial charge in [0.05, 0.1) is 6.33 Å². The van der Waals surface area contributed by atoms with Gasteiger partial charge in [0, 0.05) is 18.8 Å². The molecule has 3 heteroatoms. The average Bonchev–Trinajstić information content (AvgIpc) is 2.60. The van der Waals surface area contributed by atoms with Gasteiger partial charge in [-0.25, -0.2) is 4.98 Å². The Morgan fingerprint density at radius 3 is 2.93 bits per heavy atom. The Bertz CT molecular complexity index is 374. The van der Waals surface area contributed by atoms with Crippen LogP contribution in [0.3, 0.4) is 0 Å². The molecular weight excluding hydrogens is 176 g/mol. The molecular formula is C11H14N2O. The van der Waals surface area contributed by atoms with Crippen molar-refractivity contribution in [2.24, 2.45) is 7.05 Å². The smallest absolute Gasteiger partial charge is 0.212 e. The van der Waals surface area contributed by atoms with E-state index < -0.39 is 0 Å². The second-order valence-corrected chi connectivity index (χ2v) is 3.09. The van der Waals surface area contributed by atoms with Gasteiger partial charge in [0.1, 0.15) is 5.69 Å². The maximum absolute atomic E-state index is 11.6. The van der Waals surface area contributed by atoms with E-state index in [1.807, 2.05) is 20.0 Å². The maximum atomic E-state index is 11.6. The molecule has 0 saturated carbocycles. The van der Waals surface area contributed by atoms with E-state index in [2.05, 4.69) is 11.6 Å². The molecule has 0 fully saturated rings. The highest BCUT2D eigenvalue weighted by molar-refractivity contribution is 6.08. The monoisotopic (exact) mass is 190 g/mol. The second kappa shape index (κ2) is 4.56. The van der Waals surface area contributed by atoms with Gasteiger partial charge in [-0.2, -0.15) is 0 Å². The first kappa shape index (κ1) is 10.4. The highest BCUT2D eigenvalue weighted by atomic mass is 16.1. The normalized spacial score (nSPS) is 10.7. The fourth-order valence-electron chi connectivity index (χ4n) is 1.03. The fraction of sp³-hybridized carbons (Fsp3) is 0.273. The van der Waals surface area contributed by atoms with E-state index in [4.69, 9.17) is 0 Å². The summed E-state index contributed by atoms with van der Waals surface area (Å²) in [5.74, 6) is -0.115. The Hall–Kier alpha value is -1.64. The SMILES string of the molecule is C=C(/C=C\CC)C(=O)c1cn(C)cn1. The first-order valence-corrected chi connectivity index (χ1v) is 4.53. The van der Waals surface area contributed by atoms with E-state index in [0.717, 1.165) is 6.42 Å². The Balaban J connectivity index is 2.76. The minimum atomic E-state index is -0.115. The predicted octanol–water partition coefficient (Wildman–Crippen LogP) is 2.13. The molecule has 0 unspecified atom stereocenters. The number of rotatable bonds is 4. The summed E-state index contributed by atoms with van der Waals surface area (Å²) in [6.07, 6.45) is 7.83. The molecule has 0 radical (unpaired) electrons. The van der Waals surface area contributed by atoms with Crippen molar-refractivity contribution < 1.29 is 4.79 Å². The van der Waals surface area contributed by atoms with E-state index in [1.165, 1.54) is 0 Å². The molecule has 1 rings (SSSR count). The van der Waals surface area contributed by atoms with Crippen LogP contribution in [0.2, 0.25) is 0 Å². The zero-order chi connectivity index (χ0) is 10.6. The molecule has 0 N–H and O–H groups in total. The summed E-state index contributed by atoms with van der Waals surface area (Å²) < 4.78 is 1.74. The summed E-state index contributed by atoms with van der Waals surface area (Å²) in [5.41, 5.74) is 0.920. The largest absolute Gasteiger partial charge is 0.340 e. The number of Topliss-reactive ketones (excluding diaryl/α,β-unsaturated/α-hetero) is 1. The van der Waals surface area contributed by atoms with E-state index in [-0.39, 0.29) is 5.78 Å². The van der Waals surface area contributed by atoms with Crippen molar-refractivity contribution in [3.8, 4) is 0 Å². The van der Waals surface area contributed by atoms with Crippen LogP contribution in [0.15, 0.2) is 36.8 Å². The molecule has 3 nitrogen and oxygen atoms in total. The van der Waals surface area contributed by atoms with Gasteiger partial charge in [0.15, 0.2) is 0 Å². The summed E-state index contributed by atoms with van der Waals surface area (Å²) in [5, 5.41) is 0. The third kappa shape index (κ3) is 2.42. The molecule has 0 bridgehead atoms. The molecule has 14 heavy (non-hydrogen) atoms.